The van der Waals surface area contributed by atoms with E-state index in [0.717, 1.165) is 39.3 Å². The van der Waals surface area contributed by atoms with Crippen LogP contribution in [0, 0.1) is 47.3 Å². The van der Waals surface area contributed by atoms with Crippen molar-refractivity contribution >= 4 is 70.4 Å². The van der Waals surface area contributed by atoms with E-state index in [2.05, 4.69) is 36.4 Å². The highest BCUT2D eigenvalue weighted by molar-refractivity contribution is 6.31. The molecule has 10 atom stereocenters. The summed E-state index contributed by atoms with van der Waals surface area (Å²) in [4.78, 5) is 89.4. The molecule has 364 valence electrons. The number of anilines is 2. The van der Waals surface area contributed by atoms with Gasteiger partial charge in [0.05, 0.1) is 50.1 Å². The normalized spacial score (nSPS) is 29.3. The van der Waals surface area contributed by atoms with Crippen LogP contribution in [0.4, 0.5) is 21.0 Å². The molecule has 17 nitrogen and oxygen atoms in total. The van der Waals surface area contributed by atoms with Crippen LogP contribution in [0.5, 0.6) is 0 Å². The Labute approximate surface area is 401 Å². The zero-order valence-corrected chi connectivity index (χ0v) is 39.3. The number of hydrogen-bond acceptors (Lipinski definition) is 12. The van der Waals surface area contributed by atoms with Crippen LogP contribution in [-0.2, 0) is 38.1 Å². The first kappa shape index (κ1) is 48.9. The predicted molar refractivity (Wildman–Crippen MR) is 249 cm³/mol. The molecule has 6 saturated carbocycles. The zero-order valence-electron chi connectivity index (χ0n) is 37.8. The fourth-order valence-electron chi connectivity index (χ4n) is 11.5. The molecular weight excluding hydrogens is 905 g/mol. The monoisotopic (exact) mass is 967 g/mol. The average molecular weight is 969 g/mol. The molecule has 67 heavy (non-hydrogen) atoms. The Bertz CT molecular complexity index is 1910. The van der Waals surface area contributed by atoms with Gasteiger partial charge in [-0.3, -0.25) is 44.9 Å². The van der Waals surface area contributed by atoms with E-state index in [4.69, 9.17) is 42.1 Å². The molecule has 8 fully saturated rings. The minimum absolute atomic E-state index is 0.278. The van der Waals surface area contributed by atoms with Gasteiger partial charge in [0, 0.05) is 72.5 Å². The fraction of sp³-hybridized carbons (Fsp3) is 0.625. The number of imide groups is 1. The Balaban J connectivity index is 0.988. The minimum atomic E-state index is -1.01. The number of carbonyl (C=O) groups is 6. The maximum absolute atomic E-state index is 14.9. The van der Waals surface area contributed by atoms with Crippen molar-refractivity contribution in [3.8, 4) is 0 Å². The number of benzene rings is 2. The van der Waals surface area contributed by atoms with Gasteiger partial charge in [-0.15, -0.1) is 0 Å². The smallest absolute Gasteiger partial charge is 0.411 e. The Morgan fingerprint density at radius 2 is 0.925 bits per heavy atom. The lowest BCUT2D eigenvalue weighted by molar-refractivity contribution is -0.161. The number of halogens is 2. The number of rotatable bonds is 16. The molecule has 6 amide bonds. The van der Waals surface area contributed by atoms with Crippen LogP contribution < -0.4 is 26.6 Å². The topological polar surface area (TPSA) is 206 Å². The Morgan fingerprint density at radius 3 is 1.31 bits per heavy atom. The second-order valence-electron chi connectivity index (χ2n) is 18.8. The molecule has 5 N–H and O–H groups in total. The SMILES string of the molecule is O=C(Nc1ccc(Cl)cc1)OC1CC2CCC1C(C(=O)NC(=O)C1C3CCC(CC3OC(=O)Nc3ccc(Cl)cc3)C1C(=O)NCCCN1CCOCC1)C2C(=O)NCCCN1CCOCC1. The van der Waals surface area contributed by atoms with Crippen molar-refractivity contribution in [2.75, 3.05) is 89.4 Å². The second-order valence-corrected chi connectivity index (χ2v) is 19.7. The van der Waals surface area contributed by atoms with Gasteiger partial charge in [-0.2, -0.15) is 0 Å². The van der Waals surface area contributed by atoms with Crippen molar-refractivity contribution in [2.45, 2.75) is 63.6 Å². The third-order valence-corrected chi connectivity index (χ3v) is 15.2. The first-order chi connectivity index (χ1) is 32.5. The summed E-state index contributed by atoms with van der Waals surface area (Å²) in [5.74, 6) is -7.18. The first-order valence-electron chi connectivity index (χ1n) is 24.0. The van der Waals surface area contributed by atoms with Crippen LogP contribution in [-0.4, -0.2) is 137 Å². The second kappa shape index (κ2) is 23.2. The molecule has 2 heterocycles. The van der Waals surface area contributed by atoms with E-state index in [1.54, 1.807) is 48.5 Å². The number of fused-ring (bicyclic) bond motifs is 6. The Kier molecular flexibility index (Phi) is 16.9. The third-order valence-electron chi connectivity index (χ3n) is 14.7. The van der Waals surface area contributed by atoms with Gasteiger partial charge in [0.1, 0.15) is 12.2 Å². The molecule has 6 aliphatic carbocycles. The molecule has 0 aromatic heterocycles. The van der Waals surface area contributed by atoms with Crippen molar-refractivity contribution in [2.24, 2.45) is 47.3 Å². The van der Waals surface area contributed by atoms with E-state index >= 15 is 0 Å². The summed E-state index contributed by atoms with van der Waals surface area (Å²) in [5, 5.41) is 15.4. The van der Waals surface area contributed by atoms with Gasteiger partial charge in [-0.05, 0) is 125 Å². The van der Waals surface area contributed by atoms with Crippen molar-refractivity contribution in [3.05, 3.63) is 58.6 Å². The molecule has 2 aliphatic heterocycles. The molecule has 0 radical (unpaired) electrons. The summed E-state index contributed by atoms with van der Waals surface area (Å²) >= 11 is 12.1. The van der Waals surface area contributed by atoms with E-state index < -0.39 is 71.7 Å². The zero-order chi connectivity index (χ0) is 46.9. The van der Waals surface area contributed by atoms with Gasteiger partial charge >= 0.3 is 12.2 Å². The molecule has 2 aromatic carbocycles. The average Bonchev–Trinajstić information content (AvgIpc) is 3.33. The van der Waals surface area contributed by atoms with Crippen LogP contribution in [0.25, 0.3) is 0 Å². The van der Waals surface area contributed by atoms with Crippen molar-refractivity contribution < 1.29 is 47.7 Å². The summed E-state index contributed by atoms with van der Waals surface area (Å²) in [5.41, 5.74) is 0.957. The lowest BCUT2D eigenvalue weighted by atomic mass is 9.56. The highest BCUT2D eigenvalue weighted by Gasteiger charge is 2.58. The van der Waals surface area contributed by atoms with Gasteiger partial charge in [-0.25, -0.2) is 9.59 Å². The van der Waals surface area contributed by atoms with Crippen molar-refractivity contribution in [1.29, 1.82) is 0 Å². The van der Waals surface area contributed by atoms with Gasteiger partial charge in [0.15, 0.2) is 0 Å². The van der Waals surface area contributed by atoms with E-state index in [9.17, 15) is 28.8 Å². The van der Waals surface area contributed by atoms with Gasteiger partial charge < -0.3 is 29.6 Å². The fourth-order valence-corrected chi connectivity index (χ4v) is 11.8. The lowest BCUT2D eigenvalue weighted by Gasteiger charge is -2.51. The highest BCUT2D eigenvalue weighted by Crippen LogP contribution is 2.52. The molecule has 0 spiro atoms. The van der Waals surface area contributed by atoms with Gasteiger partial charge in [0.2, 0.25) is 23.6 Å². The maximum Gasteiger partial charge on any atom is 0.411 e. The largest absolute Gasteiger partial charge is 0.446 e. The van der Waals surface area contributed by atoms with E-state index in [1.807, 2.05) is 0 Å². The quantitative estimate of drug-likeness (QED) is 0.109. The number of nitrogens with one attached hydrogen (secondary N) is 5. The maximum atomic E-state index is 14.9. The highest BCUT2D eigenvalue weighted by atomic mass is 35.5. The van der Waals surface area contributed by atoms with Gasteiger partial charge in [-0.1, -0.05) is 23.2 Å². The van der Waals surface area contributed by atoms with Crippen molar-refractivity contribution in [1.82, 2.24) is 25.8 Å². The third kappa shape index (κ3) is 12.6. The van der Waals surface area contributed by atoms with E-state index in [1.165, 1.54) is 0 Å². The number of hydrogen-bond donors (Lipinski definition) is 5. The number of nitrogens with zero attached hydrogens (tertiary/aromatic N) is 2. The van der Waals surface area contributed by atoms with E-state index in [-0.39, 0.29) is 23.7 Å². The predicted octanol–water partition coefficient (Wildman–Crippen LogP) is 5.17. The summed E-state index contributed by atoms with van der Waals surface area (Å²) in [6.45, 7) is 8.38. The van der Waals surface area contributed by atoms with Crippen LogP contribution in [0.1, 0.15) is 51.4 Å². The van der Waals surface area contributed by atoms with E-state index in [0.29, 0.717) is 112 Å². The Hall–Kier alpha value is -4.52. The van der Waals surface area contributed by atoms with Crippen LogP contribution in [0.2, 0.25) is 10.0 Å². The number of carbonyl (C=O) groups excluding carboxylic acids is 6. The molecular formula is C48H63Cl2N7O10. The first-order valence-corrected chi connectivity index (χ1v) is 24.7. The molecule has 10 rings (SSSR count). The number of morpholine rings is 2. The summed E-state index contributed by atoms with van der Waals surface area (Å²) in [6.07, 6.45) is 1.62. The lowest BCUT2D eigenvalue weighted by Crippen LogP contribution is -2.62. The van der Waals surface area contributed by atoms with Gasteiger partial charge in [0.25, 0.3) is 0 Å². The minimum Gasteiger partial charge on any atom is -0.446 e. The standard InChI is InChI=1S/C48H63Cl2N7O10/c49-31-5-9-33(10-6-31)53-47(62)66-37-27-29-3-13-35(37)41(39(29)43(58)51-15-1-17-56-19-23-64-24-20-56)45(60)55-46(61)42-36-14-4-30(28-38(36)67-48(63)54-34-11-7-32(50)8-12-34)40(42)44(59)52-16-2-18-57-21-25-65-26-22-57/h5-12,29-30,35-42H,1-4,13-28H2,(H,51,58)(H,52,59)(H,53,62)(H,54,63)(H,55,60,61). The molecule has 8 aliphatic rings. The van der Waals surface area contributed by atoms with Crippen molar-refractivity contribution in [3.63, 3.8) is 0 Å². The molecule has 10 unspecified atom stereocenters. The van der Waals surface area contributed by atoms with Crippen LogP contribution in [0.3, 0.4) is 0 Å². The Morgan fingerprint density at radius 1 is 0.537 bits per heavy atom. The molecule has 2 saturated heterocycles. The summed E-state index contributed by atoms with van der Waals surface area (Å²) in [6, 6.07) is 13.2. The number of ether oxygens (including phenoxy) is 4. The van der Waals surface area contributed by atoms with Crippen LogP contribution in [0.15, 0.2) is 48.5 Å². The summed E-state index contributed by atoms with van der Waals surface area (Å²) < 4.78 is 23.0. The van der Waals surface area contributed by atoms with Crippen LogP contribution >= 0.6 is 23.2 Å². The number of amides is 6. The summed E-state index contributed by atoms with van der Waals surface area (Å²) in [7, 11) is 0. The molecule has 2 aromatic rings. The molecule has 19 heteroatoms. The molecule has 4 bridgehead atoms.